The van der Waals surface area contributed by atoms with Gasteiger partial charge in [-0.05, 0) is 123 Å². The van der Waals surface area contributed by atoms with Crippen LogP contribution in [0.2, 0.25) is 0 Å². The molecule has 3 aliphatic carbocycles. The molecule has 1 aromatic carbocycles. The fourth-order valence-corrected chi connectivity index (χ4v) is 7.22. The molecule has 0 saturated heterocycles. The Kier molecular flexibility index (Phi) is 8.14. The van der Waals surface area contributed by atoms with Crippen LogP contribution in [-0.4, -0.2) is 0 Å². The first kappa shape index (κ1) is 22.2. The van der Waals surface area contributed by atoms with Crippen molar-refractivity contribution in [1.29, 1.82) is 0 Å². The molecule has 1 aromatic rings. The molecule has 5 atom stereocenters. The summed E-state index contributed by atoms with van der Waals surface area (Å²) >= 11 is 0. The van der Waals surface area contributed by atoms with Crippen LogP contribution in [0, 0.1) is 29.6 Å². The van der Waals surface area contributed by atoms with Gasteiger partial charge >= 0.3 is 0 Å². The topological polar surface area (TPSA) is 0 Å². The van der Waals surface area contributed by atoms with Gasteiger partial charge in [0.05, 0.1) is 0 Å². The molecule has 0 N–H and O–H groups in total. The molecular weight excluding hydrogens is 360 g/mol. The van der Waals surface area contributed by atoms with Crippen molar-refractivity contribution in [3.05, 3.63) is 47.5 Å². The third-order valence-corrected chi connectivity index (χ3v) is 9.06. The monoisotopic (exact) mass is 406 g/mol. The van der Waals surface area contributed by atoms with Crippen molar-refractivity contribution in [2.24, 2.45) is 29.6 Å². The second kappa shape index (κ2) is 11.0. The van der Waals surface area contributed by atoms with Crippen molar-refractivity contribution < 1.29 is 0 Å². The van der Waals surface area contributed by atoms with Crippen LogP contribution < -0.4 is 0 Å². The van der Waals surface area contributed by atoms with Crippen LogP contribution in [0.15, 0.2) is 30.9 Å². The molecule has 2 fully saturated rings. The highest BCUT2D eigenvalue weighted by atomic mass is 14.4. The van der Waals surface area contributed by atoms with E-state index in [0.717, 1.165) is 29.6 Å². The first-order valence-corrected chi connectivity index (χ1v) is 13.5. The first-order chi connectivity index (χ1) is 14.8. The lowest BCUT2D eigenvalue weighted by Crippen LogP contribution is -2.35. The van der Waals surface area contributed by atoms with E-state index in [1.165, 1.54) is 96.3 Å². The number of aryl methyl sites for hydroxylation is 2. The Balaban J connectivity index is 1.28. The molecule has 3 unspecified atom stereocenters. The van der Waals surface area contributed by atoms with Gasteiger partial charge in [-0.3, -0.25) is 0 Å². The lowest BCUT2D eigenvalue weighted by atomic mass is 9.61. The standard InChI is InChI=1S/C30H46/c1-3-5-7-8-10-24-12-14-28-22-30(18-16-26(28)20-24)29-17-15-25-19-23(9-6-4-2)11-13-27(25)21-29/h4,12,14,20,23,25,27,29-30H,2-3,5-11,13,15-19,21-22H2,1H3/t23-,25?,27-,29?,30?/m1/s1. The Morgan fingerprint density at radius 3 is 2.50 bits per heavy atom. The maximum atomic E-state index is 3.93. The summed E-state index contributed by atoms with van der Waals surface area (Å²) in [5.74, 6) is 5.08. The normalized spacial score (nSPS) is 31.0. The SMILES string of the molecule is C=CCC[C@@H]1CC[C@@H]2CC(C3CCc4cc(CCCCCC)ccc4C3)CCC2C1. The molecule has 0 spiro atoms. The van der Waals surface area contributed by atoms with Gasteiger partial charge < -0.3 is 0 Å². The van der Waals surface area contributed by atoms with Gasteiger partial charge in [0, 0.05) is 0 Å². The first-order valence-electron chi connectivity index (χ1n) is 13.5. The van der Waals surface area contributed by atoms with Gasteiger partial charge in [0.15, 0.2) is 0 Å². The summed E-state index contributed by atoms with van der Waals surface area (Å²) < 4.78 is 0. The summed E-state index contributed by atoms with van der Waals surface area (Å²) in [5.41, 5.74) is 4.98. The Morgan fingerprint density at radius 1 is 0.867 bits per heavy atom. The van der Waals surface area contributed by atoms with E-state index in [0.29, 0.717) is 0 Å². The summed E-state index contributed by atoms with van der Waals surface area (Å²) in [6, 6.07) is 7.53. The van der Waals surface area contributed by atoms with Crippen molar-refractivity contribution in [3.63, 3.8) is 0 Å². The van der Waals surface area contributed by atoms with Gasteiger partial charge in [0.1, 0.15) is 0 Å². The number of unbranched alkanes of at least 4 members (excludes halogenated alkanes) is 3. The van der Waals surface area contributed by atoms with Gasteiger partial charge in [-0.2, -0.15) is 0 Å². The van der Waals surface area contributed by atoms with E-state index in [9.17, 15) is 0 Å². The highest BCUT2D eigenvalue weighted by Gasteiger charge is 2.38. The summed E-state index contributed by atoms with van der Waals surface area (Å²) in [6.07, 6.45) is 24.8. The quantitative estimate of drug-likeness (QED) is 0.284. The smallest absolute Gasteiger partial charge is 0.0245 e. The zero-order valence-corrected chi connectivity index (χ0v) is 19.7. The number of allylic oxidation sites excluding steroid dienone is 1. The maximum Gasteiger partial charge on any atom is -0.0245 e. The Bertz CT molecular complexity index is 671. The summed E-state index contributed by atoms with van der Waals surface area (Å²) in [5, 5.41) is 0. The van der Waals surface area contributed by atoms with Crippen LogP contribution in [0.25, 0.3) is 0 Å². The number of rotatable bonds is 9. The summed E-state index contributed by atoms with van der Waals surface area (Å²) in [7, 11) is 0. The molecule has 2 saturated carbocycles. The highest BCUT2D eigenvalue weighted by Crippen LogP contribution is 2.49. The molecule has 166 valence electrons. The van der Waals surface area contributed by atoms with Gasteiger partial charge in [0.2, 0.25) is 0 Å². The largest absolute Gasteiger partial charge is 0.103 e. The van der Waals surface area contributed by atoms with Crippen LogP contribution in [0.5, 0.6) is 0 Å². The average molecular weight is 407 g/mol. The Hall–Kier alpha value is -1.04. The van der Waals surface area contributed by atoms with E-state index < -0.39 is 0 Å². The van der Waals surface area contributed by atoms with E-state index in [1.54, 1.807) is 23.1 Å². The molecule has 3 aliphatic rings. The fourth-order valence-electron chi connectivity index (χ4n) is 7.22. The van der Waals surface area contributed by atoms with E-state index in [-0.39, 0.29) is 0 Å². The number of hydrogen-bond acceptors (Lipinski definition) is 0. The molecule has 0 bridgehead atoms. The molecule has 0 amide bonds. The van der Waals surface area contributed by atoms with Crippen molar-refractivity contribution in [3.8, 4) is 0 Å². The Morgan fingerprint density at radius 2 is 1.67 bits per heavy atom. The molecule has 0 nitrogen and oxygen atoms in total. The predicted molar refractivity (Wildman–Crippen MR) is 131 cm³/mol. The van der Waals surface area contributed by atoms with E-state index >= 15 is 0 Å². The minimum absolute atomic E-state index is 0.965. The Labute approximate surface area is 186 Å². The van der Waals surface area contributed by atoms with Crippen molar-refractivity contribution in [2.75, 3.05) is 0 Å². The lowest BCUT2D eigenvalue weighted by molar-refractivity contribution is 0.0699. The predicted octanol–water partition coefficient (Wildman–Crippen LogP) is 8.71. The molecule has 0 heteroatoms. The second-order valence-corrected chi connectivity index (χ2v) is 11.1. The molecule has 0 heterocycles. The molecule has 4 rings (SSSR count). The molecule has 0 aliphatic heterocycles. The van der Waals surface area contributed by atoms with Crippen molar-refractivity contribution in [1.82, 2.24) is 0 Å². The average Bonchev–Trinajstić information content (AvgIpc) is 2.79. The molecular formula is C30H46. The van der Waals surface area contributed by atoms with Crippen molar-refractivity contribution in [2.45, 2.75) is 110 Å². The number of fused-ring (bicyclic) bond motifs is 2. The van der Waals surface area contributed by atoms with Gasteiger partial charge in [-0.15, -0.1) is 6.58 Å². The second-order valence-electron chi connectivity index (χ2n) is 11.1. The number of benzene rings is 1. The van der Waals surface area contributed by atoms with Crippen molar-refractivity contribution >= 4 is 0 Å². The fraction of sp³-hybridized carbons (Fsp3) is 0.733. The third kappa shape index (κ3) is 5.60. The van der Waals surface area contributed by atoms with Crippen LogP contribution in [0.4, 0.5) is 0 Å². The molecule has 0 radical (unpaired) electrons. The van der Waals surface area contributed by atoms with E-state index in [1.807, 2.05) is 0 Å². The summed E-state index contributed by atoms with van der Waals surface area (Å²) in [4.78, 5) is 0. The third-order valence-electron chi connectivity index (χ3n) is 9.06. The zero-order valence-electron chi connectivity index (χ0n) is 19.7. The lowest BCUT2D eigenvalue weighted by Gasteiger charge is -2.45. The summed E-state index contributed by atoms with van der Waals surface area (Å²) in [6.45, 7) is 6.23. The van der Waals surface area contributed by atoms with Crippen LogP contribution >= 0.6 is 0 Å². The maximum absolute atomic E-state index is 3.93. The zero-order chi connectivity index (χ0) is 20.8. The van der Waals surface area contributed by atoms with Crippen LogP contribution in [0.1, 0.15) is 107 Å². The van der Waals surface area contributed by atoms with Crippen LogP contribution in [0.3, 0.4) is 0 Å². The minimum Gasteiger partial charge on any atom is -0.103 e. The number of hydrogen-bond donors (Lipinski definition) is 0. The molecule has 30 heavy (non-hydrogen) atoms. The van der Waals surface area contributed by atoms with Gasteiger partial charge in [-0.25, -0.2) is 0 Å². The van der Waals surface area contributed by atoms with Gasteiger partial charge in [0.25, 0.3) is 0 Å². The van der Waals surface area contributed by atoms with Crippen LogP contribution in [-0.2, 0) is 19.3 Å². The van der Waals surface area contributed by atoms with E-state index in [4.69, 9.17) is 0 Å². The minimum atomic E-state index is 0.965. The highest BCUT2D eigenvalue weighted by molar-refractivity contribution is 5.34. The van der Waals surface area contributed by atoms with Gasteiger partial charge in [-0.1, -0.05) is 56.9 Å². The van der Waals surface area contributed by atoms with E-state index in [2.05, 4.69) is 37.8 Å². The molecule has 0 aromatic heterocycles.